The van der Waals surface area contributed by atoms with Crippen molar-refractivity contribution in [3.8, 4) is 6.07 Å². The SMILES string of the molecule is COCCOC1CCNCC1NC(=O)C(C(N)N)C1CC2(CCCCC2)CCC(CC#N)CN1. The van der Waals surface area contributed by atoms with E-state index in [1.807, 2.05) is 0 Å². The highest BCUT2D eigenvalue weighted by molar-refractivity contribution is 5.80. The van der Waals surface area contributed by atoms with E-state index in [0.29, 0.717) is 32.1 Å². The topological polar surface area (TPSA) is 147 Å². The van der Waals surface area contributed by atoms with Crippen LogP contribution < -0.4 is 27.4 Å². The van der Waals surface area contributed by atoms with Crippen molar-refractivity contribution < 1.29 is 14.3 Å². The summed E-state index contributed by atoms with van der Waals surface area (Å²) < 4.78 is 11.1. The van der Waals surface area contributed by atoms with Gasteiger partial charge in [0.1, 0.15) is 0 Å². The molecule has 3 rings (SSSR count). The van der Waals surface area contributed by atoms with Gasteiger partial charge >= 0.3 is 0 Å². The van der Waals surface area contributed by atoms with Crippen LogP contribution in [0.2, 0.25) is 0 Å². The van der Waals surface area contributed by atoms with Crippen molar-refractivity contribution in [1.82, 2.24) is 16.0 Å². The lowest BCUT2D eigenvalue weighted by atomic mass is 9.64. The number of nitrogens with one attached hydrogen (secondary N) is 3. The molecule has 9 nitrogen and oxygen atoms in total. The minimum absolute atomic E-state index is 0.0648. The first-order chi connectivity index (χ1) is 16.5. The number of ether oxygens (including phenoxy) is 2. The van der Waals surface area contributed by atoms with Crippen molar-refractivity contribution in [3.63, 3.8) is 0 Å². The quantitative estimate of drug-likeness (QED) is 0.243. The van der Waals surface area contributed by atoms with E-state index in [1.54, 1.807) is 7.11 Å². The molecule has 0 aromatic carbocycles. The summed E-state index contributed by atoms with van der Waals surface area (Å²) in [6.45, 7) is 3.26. The predicted octanol–water partition coefficient (Wildman–Crippen LogP) is 0.978. The van der Waals surface area contributed by atoms with Crippen LogP contribution in [0.3, 0.4) is 0 Å². The molecule has 3 aliphatic rings. The number of nitriles is 1. The summed E-state index contributed by atoms with van der Waals surface area (Å²) in [6.07, 6.45) is 9.73. The van der Waals surface area contributed by atoms with Crippen molar-refractivity contribution in [2.45, 2.75) is 88.6 Å². The molecule has 1 spiro atoms. The molecule has 1 amide bonds. The molecule has 1 aliphatic carbocycles. The van der Waals surface area contributed by atoms with Gasteiger partial charge < -0.3 is 36.9 Å². The third kappa shape index (κ3) is 7.61. The predicted molar refractivity (Wildman–Crippen MR) is 132 cm³/mol. The molecule has 2 saturated heterocycles. The van der Waals surface area contributed by atoms with Gasteiger partial charge in [0.05, 0.1) is 43.5 Å². The van der Waals surface area contributed by atoms with Gasteiger partial charge in [-0.15, -0.1) is 0 Å². The van der Waals surface area contributed by atoms with Gasteiger partial charge in [0.2, 0.25) is 5.91 Å². The molecule has 0 bridgehead atoms. The molecule has 194 valence electrons. The highest BCUT2D eigenvalue weighted by atomic mass is 16.5. The second kappa shape index (κ2) is 13.7. The summed E-state index contributed by atoms with van der Waals surface area (Å²) in [5, 5.41) is 19.5. The van der Waals surface area contributed by atoms with E-state index in [4.69, 9.17) is 20.9 Å². The summed E-state index contributed by atoms with van der Waals surface area (Å²) in [4.78, 5) is 13.6. The molecule has 0 radical (unpaired) electrons. The molecular weight excluding hydrogens is 432 g/mol. The maximum atomic E-state index is 13.6. The Balaban J connectivity index is 1.73. The Morgan fingerprint density at radius 3 is 2.68 bits per heavy atom. The number of piperidine rings is 1. The third-order valence-electron chi connectivity index (χ3n) is 8.22. The van der Waals surface area contributed by atoms with Crippen LogP contribution in [0.1, 0.15) is 64.2 Å². The lowest BCUT2D eigenvalue weighted by molar-refractivity contribution is -0.129. The second-order valence-electron chi connectivity index (χ2n) is 10.7. The lowest BCUT2D eigenvalue weighted by Crippen LogP contribution is -2.62. The molecular formula is C25H46N6O3. The summed E-state index contributed by atoms with van der Waals surface area (Å²) >= 11 is 0. The average molecular weight is 479 g/mol. The monoisotopic (exact) mass is 478 g/mol. The second-order valence-corrected chi connectivity index (χ2v) is 10.7. The van der Waals surface area contributed by atoms with E-state index in [1.165, 1.54) is 32.1 Å². The van der Waals surface area contributed by atoms with Crippen LogP contribution in [0.25, 0.3) is 0 Å². The van der Waals surface area contributed by atoms with Gasteiger partial charge in [-0.05, 0) is 62.9 Å². The van der Waals surface area contributed by atoms with Gasteiger partial charge in [-0.25, -0.2) is 0 Å². The zero-order valence-corrected chi connectivity index (χ0v) is 20.9. The molecule has 0 aromatic rings. The molecule has 2 aliphatic heterocycles. The molecule has 34 heavy (non-hydrogen) atoms. The van der Waals surface area contributed by atoms with Crippen LogP contribution in [0, 0.1) is 28.6 Å². The number of carbonyl (C=O) groups excluding carboxylic acids is 1. The minimum atomic E-state index is -0.767. The van der Waals surface area contributed by atoms with Crippen LogP contribution in [-0.4, -0.2) is 70.2 Å². The van der Waals surface area contributed by atoms with Gasteiger partial charge in [-0.2, -0.15) is 5.26 Å². The van der Waals surface area contributed by atoms with Gasteiger partial charge in [0.15, 0.2) is 0 Å². The largest absolute Gasteiger partial charge is 0.382 e. The summed E-state index contributed by atoms with van der Waals surface area (Å²) in [7, 11) is 1.65. The Kier molecular flexibility index (Phi) is 11.0. The number of amides is 1. The lowest BCUT2D eigenvalue weighted by Gasteiger charge is -2.45. The van der Waals surface area contributed by atoms with E-state index in [2.05, 4.69) is 22.0 Å². The smallest absolute Gasteiger partial charge is 0.227 e. The molecule has 9 heteroatoms. The highest BCUT2D eigenvalue weighted by Crippen LogP contribution is 2.46. The fourth-order valence-corrected chi connectivity index (χ4v) is 6.25. The standard InChI is InChI=1S/C25H46N6O3/c1-33-13-14-34-21-7-12-29-17-20(21)31-24(32)22(23(27)28)19-15-25(8-3-2-4-9-25)10-5-18(6-11-26)16-30-19/h18-23,29-30H,2-10,12-17,27-28H2,1H3,(H,31,32). The zero-order chi connectivity index (χ0) is 24.4. The van der Waals surface area contributed by atoms with Crippen LogP contribution in [-0.2, 0) is 14.3 Å². The zero-order valence-electron chi connectivity index (χ0n) is 20.9. The normalized spacial score (nSPS) is 30.8. The fraction of sp³-hybridized carbons (Fsp3) is 0.920. The van der Waals surface area contributed by atoms with E-state index in [0.717, 1.165) is 38.8 Å². The summed E-state index contributed by atoms with van der Waals surface area (Å²) in [5.41, 5.74) is 12.7. The van der Waals surface area contributed by atoms with Crippen molar-refractivity contribution in [3.05, 3.63) is 0 Å². The van der Waals surface area contributed by atoms with Crippen molar-refractivity contribution in [2.75, 3.05) is 40.0 Å². The van der Waals surface area contributed by atoms with E-state index >= 15 is 0 Å². The Hall–Kier alpha value is -1.28. The Bertz CT molecular complexity index is 664. The number of hydrogen-bond donors (Lipinski definition) is 5. The Morgan fingerprint density at radius 1 is 1.18 bits per heavy atom. The van der Waals surface area contributed by atoms with Crippen molar-refractivity contribution in [2.24, 2.45) is 28.7 Å². The maximum absolute atomic E-state index is 13.6. The van der Waals surface area contributed by atoms with Crippen LogP contribution >= 0.6 is 0 Å². The summed E-state index contributed by atoms with van der Waals surface area (Å²) in [6, 6.07) is 2.10. The first-order valence-electron chi connectivity index (χ1n) is 13.2. The highest BCUT2D eigenvalue weighted by Gasteiger charge is 2.42. The number of nitrogens with two attached hydrogens (primary N) is 2. The Labute approximate surface area is 205 Å². The van der Waals surface area contributed by atoms with Crippen LogP contribution in [0.15, 0.2) is 0 Å². The van der Waals surface area contributed by atoms with Crippen molar-refractivity contribution in [1.29, 1.82) is 5.26 Å². The average Bonchev–Trinajstić information content (AvgIpc) is 2.81. The van der Waals surface area contributed by atoms with Crippen LogP contribution in [0.5, 0.6) is 0 Å². The van der Waals surface area contributed by atoms with E-state index in [9.17, 15) is 10.1 Å². The van der Waals surface area contributed by atoms with Crippen LogP contribution in [0.4, 0.5) is 0 Å². The van der Waals surface area contributed by atoms with Gasteiger partial charge in [-0.1, -0.05) is 19.3 Å². The van der Waals surface area contributed by atoms with E-state index in [-0.39, 0.29) is 29.5 Å². The van der Waals surface area contributed by atoms with Gasteiger partial charge in [0.25, 0.3) is 0 Å². The number of rotatable bonds is 9. The number of carbonyl (C=O) groups is 1. The van der Waals surface area contributed by atoms with E-state index < -0.39 is 12.1 Å². The molecule has 5 atom stereocenters. The number of methoxy groups -OCH3 is 1. The van der Waals surface area contributed by atoms with Gasteiger partial charge in [-0.3, -0.25) is 4.79 Å². The molecule has 0 aromatic heterocycles. The molecule has 5 unspecified atom stereocenters. The summed E-state index contributed by atoms with van der Waals surface area (Å²) in [5.74, 6) is -0.350. The first kappa shape index (κ1) is 27.3. The number of hydrogen-bond acceptors (Lipinski definition) is 8. The molecule has 1 saturated carbocycles. The Morgan fingerprint density at radius 2 is 1.97 bits per heavy atom. The molecule has 3 fully saturated rings. The molecule has 2 heterocycles. The third-order valence-corrected chi connectivity index (χ3v) is 8.22. The first-order valence-corrected chi connectivity index (χ1v) is 13.2. The minimum Gasteiger partial charge on any atom is -0.382 e. The van der Waals surface area contributed by atoms with Crippen molar-refractivity contribution >= 4 is 5.91 Å². The fourth-order valence-electron chi connectivity index (χ4n) is 6.25. The maximum Gasteiger partial charge on any atom is 0.227 e. The number of nitrogens with zero attached hydrogens (tertiary/aromatic N) is 1. The van der Waals surface area contributed by atoms with Gasteiger partial charge in [0, 0.05) is 26.1 Å². The molecule has 7 N–H and O–H groups in total.